The number of hydrogen-bond acceptors (Lipinski definition) is 8. The van der Waals surface area contributed by atoms with Crippen molar-refractivity contribution < 1.29 is 22.7 Å². The molecule has 2 heterocycles. The van der Waals surface area contributed by atoms with Gasteiger partial charge in [-0.1, -0.05) is 29.5 Å². The second kappa shape index (κ2) is 8.27. The van der Waals surface area contributed by atoms with Crippen molar-refractivity contribution in [3.05, 3.63) is 53.6 Å². The third-order valence-electron chi connectivity index (χ3n) is 5.17. The fourth-order valence-electron chi connectivity index (χ4n) is 3.57. The molecule has 0 unspecified atom stereocenters. The summed E-state index contributed by atoms with van der Waals surface area (Å²) in [6.07, 6.45) is 1.18. The van der Waals surface area contributed by atoms with E-state index in [-0.39, 0.29) is 16.4 Å². The summed E-state index contributed by atoms with van der Waals surface area (Å²) in [5.41, 5.74) is 1.05. The van der Waals surface area contributed by atoms with Crippen molar-refractivity contribution in [2.45, 2.75) is 4.90 Å². The van der Waals surface area contributed by atoms with Crippen LogP contribution < -0.4 is 4.90 Å². The van der Waals surface area contributed by atoms with Gasteiger partial charge in [0.05, 0.1) is 27.8 Å². The third-order valence-corrected chi connectivity index (χ3v) is 7.38. The van der Waals surface area contributed by atoms with Crippen LogP contribution in [-0.4, -0.2) is 69.7 Å². The summed E-state index contributed by atoms with van der Waals surface area (Å²) in [7, 11) is -2.09. The van der Waals surface area contributed by atoms with Crippen LogP contribution in [0.5, 0.6) is 0 Å². The topological polar surface area (TPSA) is 96.9 Å². The molecule has 0 bridgehead atoms. The zero-order valence-electron chi connectivity index (χ0n) is 17.1. The van der Waals surface area contributed by atoms with E-state index >= 15 is 0 Å². The molecule has 0 spiro atoms. The molecule has 162 valence electrons. The zero-order valence-corrected chi connectivity index (χ0v) is 18.7. The number of carbonyl (C=O) groups is 2. The van der Waals surface area contributed by atoms with E-state index in [4.69, 9.17) is 4.74 Å². The summed E-state index contributed by atoms with van der Waals surface area (Å²) in [6, 6.07) is 11.8. The average Bonchev–Trinajstić information content (AvgIpc) is 3.22. The van der Waals surface area contributed by atoms with Crippen LogP contribution in [0.2, 0.25) is 0 Å². The number of anilines is 1. The molecule has 0 atom stereocenters. The fourth-order valence-corrected chi connectivity index (χ4v) is 5.52. The van der Waals surface area contributed by atoms with Crippen LogP contribution in [0.25, 0.3) is 10.2 Å². The van der Waals surface area contributed by atoms with Crippen molar-refractivity contribution in [3.8, 4) is 0 Å². The number of piperazine rings is 1. The Morgan fingerprint density at radius 3 is 2.32 bits per heavy atom. The van der Waals surface area contributed by atoms with Crippen molar-refractivity contribution in [3.63, 3.8) is 0 Å². The lowest BCUT2D eigenvalue weighted by Crippen LogP contribution is -2.49. The SMILES string of the molecule is COC(=O)c1ccccc1C(=O)N1CCN(c2nc3c(S(C)(=O)=O)cccc3s2)CC1. The zero-order chi connectivity index (χ0) is 22.2. The van der Waals surface area contributed by atoms with E-state index in [1.54, 1.807) is 41.3 Å². The number of esters is 1. The predicted octanol–water partition coefficient (Wildman–Crippen LogP) is 2.45. The number of para-hydroxylation sites is 1. The highest BCUT2D eigenvalue weighted by molar-refractivity contribution is 7.91. The molecule has 31 heavy (non-hydrogen) atoms. The van der Waals surface area contributed by atoms with Gasteiger partial charge in [0.1, 0.15) is 5.52 Å². The van der Waals surface area contributed by atoms with Gasteiger partial charge in [-0.25, -0.2) is 18.2 Å². The predicted molar refractivity (Wildman–Crippen MR) is 119 cm³/mol. The van der Waals surface area contributed by atoms with Gasteiger partial charge in [0.2, 0.25) is 0 Å². The first kappa shape index (κ1) is 21.3. The van der Waals surface area contributed by atoms with Gasteiger partial charge >= 0.3 is 5.97 Å². The summed E-state index contributed by atoms with van der Waals surface area (Å²) >= 11 is 1.44. The second-order valence-corrected chi connectivity index (χ2v) is 10.2. The van der Waals surface area contributed by atoms with Crippen molar-refractivity contribution >= 4 is 48.4 Å². The minimum Gasteiger partial charge on any atom is -0.465 e. The molecule has 1 saturated heterocycles. The Hall–Kier alpha value is -2.98. The number of hydrogen-bond donors (Lipinski definition) is 0. The molecule has 8 nitrogen and oxygen atoms in total. The Morgan fingerprint density at radius 1 is 1.00 bits per heavy atom. The second-order valence-electron chi connectivity index (χ2n) is 7.19. The number of nitrogens with zero attached hydrogens (tertiary/aromatic N) is 3. The highest BCUT2D eigenvalue weighted by Gasteiger charge is 2.27. The quantitative estimate of drug-likeness (QED) is 0.553. The van der Waals surface area contributed by atoms with E-state index in [0.717, 1.165) is 9.83 Å². The number of methoxy groups -OCH3 is 1. The minimum absolute atomic E-state index is 0.218. The molecule has 0 N–H and O–H groups in total. The maximum atomic E-state index is 13.0. The molecule has 1 fully saturated rings. The molecule has 1 aliphatic heterocycles. The summed E-state index contributed by atoms with van der Waals surface area (Å²) < 4.78 is 29.7. The largest absolute Gasteiger partial charge is 0.465 e. The molecular formula is C21H21N3O5S2. The van der Waals surface area contributed by atoms with Crippen molar-refractivity contribution in [1.82, 2.24) is 9.88 Å². The fraction of sp³-hybridized carbons (Fsp3) is 0.286. The van der Waals surface area contributed by atoms with Gasteiger partial charge in [-0.15, -0.1) is 0 Å². The number of carbonyl (C=O) groups excluding carboxylic acids is 2. The maximum absolute atomic E-state index is 13.0. The molecule has 0 saturated carbocycles. The van der Waals surface area contributed by atoms with Crippen LogP contribution in [0.15, 0.2) is 47.4 Å². The summed E-state index contributed by atoms with van der Waals surface area (Å²) in [5, 5.41) is 0.730. The lowest BCUT2D eigenvalue weighted by atomic mass is 10.1. The number of amides is 1. The molecule has 1 amide bonds. The van der Waals surface area contributed by atoms with Crippen LogP contribution in [0.4, 0.5) is 5.13 Å². The van der Waals surface area contributed by atoms with Gasteiger partial charge in [0.25, 0.3) is 5.91 Å². The smallest absolute Gasteiger partial charge is 0.338 e. The van der Waals surface area contributed by atoms with E-state index in [1.165, 1.54) is 24.7 Å². The number of fused-ring (bicyclic) bond motifs is 1. The van der Waals surface area contributed by atoms with E-state index < -0.39 is 15.8 Å². The molecule has 0 radical (unpaired) electrons. The number of ether oxygens (including phenoxy) is 1. The van der Waals surface area contributed by atoms with Crippen molar-refractivity contribution in [1.29, 1.82) is 0 Å². The standard InChI is InChI=1S/C21H21N3O5S2/c1-29-20(26)15-7-4-3-6-14(15)19(25)23-10-12-24(13-11-23)21-22-18-16(30-21)8-5-9-17(18)31(2,27)28/h3-9H,10-13H2,1-2H3. The number of thiazole rings is 1. The summed E-state index contributed by atoms with van der Waals surface area (Å²) in [6.45, 7) is 2.03. The van der Waals surface area contributed by atoms with E-state index in [2.05, 4.69) is 4.98 Å². The number of rotatable bonds is 4. The van der Waals surface area contributed by atoms with E-state index in [0.29, 0.717) is 37.3 Å². The first-order valence-electron chi connectivity index (χ1n) is 9.61. The lowest BCUT2D eigenvalue weighted by molar-refractivity contribution is 0.0589. The number of aromatic nitrogens is 1. The molecule has 1 aliphatic rings. The van der Waals surface area contributed by atoms with Crippen LogP contribution in [-0.2, 0) is 14.6 Å². The Morgan fingerprint density at radius 2 is 1.68 bits per heavy atom. The Labute approximate surface area is 184 Å². The minimum atomic E-state index is -3.38. The Bertz CT molecular complexity index is 1260. The Kier molecular flexibility index (Phi) is 5.67. The highest BCUT2D eigenvalue weighted by atomic mass is 32.2. The number of sulfone groups is 1. The van der Waals surface area contributed by atoms with Gasteiger partial charge in [-0.05, 0) is 24.3 Å². The van der Waals surface area contributed by atoms with Crippen LogP contribution >= 0.6 is 11.3 Å². The van der Waals surface area contributed by atoms with Crippen molar-refractivity contribution in [2.24, 2.45) is 0 Å². The highest BCUT2D eigenvalue weighted by Crippen LogP contribution is 2.33. The molecule has 10 heteroatoms. The number of benzene rings is 2. The van der Waals surface area contributed by atoms with Gasteiger partial charge in [0, 0.05) is 32.4 Å². The van der Waals surface area contributed by atoms with Crippen molar-refractivity contribution in [2.75, 3.05) is 44.4 Å². The summed E-state index contributed by atoms with van der Waals surface area (Å²) in [4.78, 5) is 33.5. The molecule has 4 rings (SSSR count). The molecule has 1 aromatic heterocycles. The van der Waals surface area contributed by atoms with Gasteiger partial charge in [-0.2, -0.15) is 0 Å². The van der Waals surface area contributed by atoms with Crippen LogP contribution in [0.1, 0.15) is 20.7 Å². The Balaban J connectivity index is 1.52. The van der Waals surface area contributed by atoms with Gasteiger partial charge in [0.15, 0.2) is 15.0 Å². The molecular weight excluding hydrogens is 438 g/mol. The normalized spacial score (nSPS) is 14.6. The van der Waals surface area contributed by atoms with Gasteiger partial charge < -0.3 is 14.5 Å². The first-order valence-corrected chi connectivity index (χ1v) is 12.3. The lowest BCUT2D eigenvalue weighted by Gasteiger charge is -2.34. The molecule has 0 aliphatic carbocycles. The maximum Gasteiger partial charge on any atom is 0.338 e. The third kappa shape index (κ3) is 4.13. The van der Waals surface area contributed by atoms with Crippen LogP contribution in [0.3, 0.4) is 0 Å². The monoisotopic (exact) mass is 459 g/mol. The van der Waals surface area contributed by atoms with E-state index in [1.807, 2.05) is 11.0 Å². The molecule has 2 aromatic carbocycles. The van der Waals surface area contributed by atoms with Gasteiger partial charge in [-0.3, -0.25) is 4.79 Å². The average molecular weight is 460 g/mol. The van der Waals surface area contributed by atoms with E-state index in [9.17, 15) is 18.0 Å². The molecule has 3 aromatic rings. The first-order chi connectivity index (χ1) is 14.8. The summed E-state index contributed by atoms with van der Waals surface area (Å²) in [5.74, 6) is -0.761. The van der Waals surface area contributed by atoms with Crippen LogP contribution in [0, 0.1) is 0 Å².